The molecule has 5 nitrogen and oxygen atoms in total. The van der Waals surface area contributed by atoms with Crippen molar-refractivity contribution in [3.8, 4) is 0 Å². The zero-order chi connectivity index (χ0) is 19.6. The fourth-order valence-corrected chi connectivity index (χ4v) is 3.65. The SMILES string of the molecule is C/C=C\CC1=C(C)[C@H](OC(=O)[C@@H]2[C@@H](/C=C(\C)C(=O)OC)C2(C)C)CC1=O. The molecule has 0 unspecified atom stereocenters. The van der Waals surface area contributed by atoms with Gasteiger partial charge in [-0.1, -0.05) is 32.1 Å². The molecule has 1 fully saturated rings. The van der Waals surface area contributed by atoms with Crippen molar-refractivity contribution >= 4 is 17.7 Å². The lowest BCUT2D eigenvalue weighted by Crippen LogP contribution is -2.20. The number of allylic oxidation sites excluding steroid dienone is 4. The Bertz CT molecular complexity index is 708. The van der Waals surface area contributed by atoms with Gasteiger partial charge in [0.15, 0.2) is 5.78 Å². The van der Waals surface area contributed by atoms with E-state index in [9.17, 15) is 14.4 Å². The van der Waals surface area contributed by atoms with E-state index in [1.165, 1.54) is 7.11 Å². The minimum absolute atomic E-state index is 0.0476. The van der Waals surface area contributed by atoms with Gasteiger partial charge in [0, 0.05) is 11.1 Å². The molecule has 0 aromatic heterocycles. The van der Waals surface area contributed by atoms with Crippen LogP contribution in [0.15, 0.2) is 34.9 Å². The standard InChI is InChI=1S/C21H28O5/c1-7-8-9-14-13(3)17(11-16(14)22)26-20(24)18-15(21(18,4)5)10-12(2)19(23)25-6/h7-8,10,15,17-18H,9,11H2,1-6H3/b8-7-,12-10+/t15-,17-,18+/m1/s1. The number of methoxy groups -OCH3 is 1. The van der Waals surface area contributed by atoms with Crippen LogP contribution >= 0.6 is 0 Å². The van der Waals surface area contributed by atoms with Gasteiger partial charge in [-0.3, -0.25) is 9.59 Å². The second-order valence-corrected chi connectivity index (χ2v) is 7.65. The van der Waals surface area contributed by atoms with Crippen molar-refractivity contribution in [1.29, 1.82) is 0 Å². The normalized spacial score (nSPS) is 27.8. The van der Waals surface area contributed by atoms with Gasteiger partial charge in [0.1, 0.15) is 6.10 Å². The zero-order valence-electron chi connectivity index (χ0n) is 16.4. The summed E-state index contributed by atoms with van der Waals surface area (Å²) >= 11 is 0. The molecule has 0 aliphatic heterocycles. The van der Waals surface area contributed by atoms with Crippen molar-refractivity contribution in [2.24, 2.45) is 17.3 Å². The first-order valence-corrected chi connectivity index (χ1v) is 8.96. The van der Waals surface area contributed by atoms with Crippen LogP contribution in [-0.4, -0.2) is 30.9 Å². The predicted octanol–water partition coefficient (Wildman–Crippen LogP) is 3.55. The Kier molecular flexibility index (Phi) is 5.89. The molecule has 26 heavy (non-hydrogen) atoms. The highest BCUT2D eigenvalue weighted by atomic mass is 16.5. The van der Waals surface area contributed by atoms with E-state index >= 15 is 0 Å². The lowest BCUT2D eigenvalue weighted by Gasteiger charge is -2.13. The highest BCUT2D eigenvalue weighted by molar-refractivity contribution is 6.00. The van der Waals surface area contributed by atoms with Crippen molar-refractivity contribution in [3.05, 3.63) is 34.9 Å². The van der Waals surface area contributed by atoms with Crippen LogP contribution < -0.4 is 0 Å². The van der Waals surface area contributed by atoms with Crippen LogP contribution in [0.5, 0.6) is 0 Å². The van der Waals surface area contributed by atoms with Gasteiger partial charge in [-0.15, -0.1) is 0 Å². The van der Waals surface area contributed by atoms with E-state index in [1.54, 1.807) is 13.0 Å². The van der Waals surface area contributed by atoms with E-state index in [2.05, 4.69) is 0 Å². The molecule has 2 aliphatic rings. The number of carbonyl (C=O) groups is 3. The first-order chi connectivity index (χ1) is 12.1. The molecule has 0 amide bonds. The molecule has 0 radical (unpaired) electrons. The molecule has 142 valence electrons. The largest absolute Gasteiger partial charge is 0.466 e. The van der Waals surface area contributed by atoms with Gasteiger partial charge in [-0.2, -0.15) is 0 Å². The smallest absolute Gasteiger partial charge is 0.333 e. The highest BCUT2D eigenvalue weighted by Gasteiger charge is 2.62. The summed E-state index contributed by atoms with van der Waals surface area (Å²) < 4.78 is 10.4. The average Bonchev–Trinajstić information content (AvgIpc) is 3.01. The number of ketones is 1. The number of hydrogen-bond donors (Lipinski definition) is 0. The number of esters is 2. The topological polar surface area (TPSA) is 69.7 Å². The van der Waals surface area contributed by atoms with Gasteiger partial charge < -0.3 is 9.47 Å². The van der Waals surface area contributed by atoms with Crippen LogP contribution in [0, 0.1) is 17.3 Å². The lowest BCUT2D eigenvalue weighted by molar-refractivity contribution is -0.150. The Labute approximate surface area is 155 Å². The molecule has 0 spiro atoms. The van der Waals surface area contributed by atoms with Gasteiger partial charge >= 0.3 is 11.9 Å². The summed E-state index contributed by atoms with van der Waals surface area (Å²) in [6, 6.07) is 0. The van der Waals surface area contributed by atoms with Crippen molar-refractivity contribution in [2.75, 3.05) is 7.11 Å². The third-order valence-electron chi connectivity index (χ3n) is 5.58. The summed E-state index contributed by atoms with van der Waals surface area (Å²) in [4.78, 5) is 36.4. The molecule has 2 aliphatic carbocycles. The maximum absolute atomic E-state index is 12.7. The maximum Gasteiger partial charge on any atom is 0.333 e. The number of Topliss-reactive ketones (excluding diaryl/α,β-unsaturated/α-hetero) is 1. The van der Waals surface area contributed by atoms with E-state index in [-0.39, 0.29) is 35.4 Å². The van der Waals surface area contributed by atoms with Crippen LogP contribution in [0.3, 0.4) is 0 Å². The van der Waals surface area contributed by atoms with E-state index in [4.69, 9.17) is 9.47 Å². The lowest BCUT2D eigenvalue weighted by atomic mass is 10.1. The van der Waals surface area contributed by atoms with Crippen LogP contribution in [0.1, 0.15) is 47.5 Å². The average molecular weight is 360 g/mol. The molecule has 5 heteroatoms. The fourth-order valence-electron chi connectivity index (χ4n) is 3.65. The molecule has 0 aromatic carbocycles. The Balaban J connectivity index is 2.08. The fraction of sp³-hybridized carbons (Fsp3) is 0.571. The number of carbonyl (C=O) groups excluding carboxylic acids is 3. The molecule has 2 rings (SSSR count). The molecule has 0 N–H and O–H groups in total. The van der Waals surface area contributed by atoms with Gasteiger partial charge in [-0.05, 0) is 44.1 Å². The quantitative estimate of drug-likeness (QED) is 0.412. The molecule has 0 bridgehead atoms. The Morgan fingerprint density at radius 2 is 1.96 bits per heavy atom. The van der Waals surface area contributed by atoms with Gasteiger partial charge in [-0.25, -0.2) is 4.79 Å². The minimum atomic E-state index is -0.474. The first kappa shape index (κ1) is 20.1. The summed E-state index contributed by atoms with van der Waals surface area (Å²) in [7, 11) is 1.33. The van der Waals surface area contributed by atoms with Gasteiger partial charge in [0.25, 0.3) is 0 Å². The number of rotatable bonds is 6. The second-order valence-electron chi connectivity index (χ2n) is 7.65. The molecular weight excluding hydrogens is 332 g/mol. The van der Waals surface area contributed by atoms with Crippen LogP contribution in [0.4, 0.5) is 0 Å². The zero-order valence-corrected chi connectivity index (χ0v) is 16.4. The summed E-state index contributed by atoms with van der Waals surface area (Å²) in [6.45, 7) is 9.40. The molecule has 3 atom stereocenters. The van der Waals surface area contributed by atoms with Crippen molar-refractivity contribution < 1.29 is 23.9 Å². The Morgan fingerprint density at radius 3 is 2.54 bits per heavy atom. The molecule has 1 saturated carbocycles. The maximum atomic E-state index is 12.7. The first-order valence-electron chi connectivity index (χ1n) is 8.96. The van der Waals surface area contributed by atoms with E-state index in [0.717, 1.165) is 11.1 Å². The second kappa shape index (κ2) is 7.60. The summed E-state index contributed by atoms with van der Waals surface area (Å²) in [6.07, 6.45) is 5.95. The van der Waals surface area contributed by atoms with E-state index in [0.29, 0.717) is 12.0 Å². The van der Waals surface area contributed by atoms with Crippen LogP contribution in [0.25, 0.3) is 0 Å². The monoisotopic (exact) mass is 360 g/mol. The van der Waals surface area contributed by atoms with E-state index in [1.807, 2.05) is 39.8 Å². The summed E-state index contributed by atoms with van der Waals surface area (Å²) in [5, 5.41) is 0. The number of hydrogen-bond acceptors (Lipinski definition) is 5. The molecule has 0 heterocycles. The van der Waals surface area contributed by atoms with Crippen molar-refractivity contribution in [3.63, 3.8) is 0 Å². The Morgan fingerprint density at radius 1 is 1.31 bits per heavy atom. The summed E-state index contributed by atoms with van der Waals surface area (Å²) in [5.74, 6) is -1.04. The van der Waals surface area contributed by atoms with Crippen molar-refractivity contribution in [2.45, 2.75) is 53.6 Å². The van der Waals surface area contributed by atoms with Crippen LogP contribution in [0.2, 0.25) is 0 Å². The third-order valence-corrected chi connectivity index (χ3v) is 5.58. The molecule has 0 saturated heterocycles. The van der Waals surface area contributed by atoms with Gasteiger partial charge in [0.05, 0.1) is 19.4 Å². The summed E-state index contributed by atoms with van der Waals surface area (Å²) in [5.41, 5.74) is 1.80. The minimum Gasteiger partial charge on any atom is -0.466 e. The van der Waals surface area contributed by atoms with Crippen molar-refractivity contribution in [1.82, 2.24) is 0 Å². The Hall–Kier alpha value is -2.17. The molecule has 0 aromatic rings. The predicted molar refractivity (Wildman–Crippen MR) is 98.2 cm³/mol. The van der Waals surface area contributed by atoms with E-state index < -0.39 is 12.1 Å². The third kappa shape index (κ3) is 3.81. The van der Waals surface area contributed by atoms with Crippen LogP contribution in [-0.2, 0) is 23.9 Å². The molecular formula is C21H28O5. The van der Waals surface area contributed by atoms with Gasteiger partial charge in [0.2, 0.25) is 0 Å². The number of ether oxygens (including phenoxy) is 2. The highest BCUT2D eigenvalue weighted by Crippen LogP contribution is 2.60.